The van der Waals surface area contributed by atoms with Gasteiger partial charge in [0.2, 0.25) is 0 Å². The zero-order valence-electron chi connectivity index (χ0n) is 26.3. The van der Waals surface area contributed by atoms with Crippen molar-refractivity contribution in [3.8, 4) is 12.1 Å². The highest BCUT2D eigenvalue weighted by Crippen LogP contribution is 2.45. The number of likely N-dealkylation sites (tertiary alicyclic amines) is 1. The molecule has 5 heterocycles. The SMILES string of the molecule is CN1CCC[C@H]1COc1nc2c(c(N3CCN(C(=O)[C@H]4O[C@H]4C4CC4)[C@@H](CC#N)C3)n1)CCN(c1cccc3cccc(Cl)c13)C2. The maximum atomic E-state index is 13.5. The first-order valence-electron chi connectivity index (χ1n) is 16.7. The summed E-state index contributed by atoms with van der Waals surface area (Å²) in [5.74, 6) is 1.43. The van der Waals surface area contributed by atoms with Crippen molar-refractivity contribution >= 4 is 39.8 Å². The second-order valence-corrected chi connectivity index (χ2v) is 13.9. The van der Waals surface area contributed by atoms with Crippen molar-refractivity contribution in [2.24, 2.45) is 5.92 Å². The Morgan fingerprint density at radius 2 is 1.91 bits per heavy atom. The van der Waals surface area contributed by atoms with Crippen molar-refractivity contribution in [1.82, 2.24) is 19.8 Å². The largest absolute Gasteiger partial charge is 0.462 e. The Morgan fingerprint density at radius 3 is 2.70 bits per heavy atom. The molecule has 3 aromatic rings. The van der Waals surface area contributed by atoms with Crippen LogP contribution in [0.3, 0.4) is 0 Å². The molecule has 10 nitrogen and oxygen atoms in total. The number of benzene rings is 2. The summed E-state index contributed by atoms with van der Waals surface area (Å²) in [6.07, 6.45) is 5.32. The van der Waals surface area contributed by atoms with Gasteiger partial charge in [0.25, 0.3) is 5.91 Å². The minimum absolute atomic E-state index is 0.0376. The number of likely N-dealkylation sites (N-methyl/N-ethyl adjacent to an activating group) is 1. The molecule has 1 amide bonds. The molecule has 4 fully saturated rings. The Morgan fingerprint density at radius 1 is 1.07 bits per heavy atom. The smallest absolute Gasteiger partial charge is 0.318 e. The minimum atomic E-state index is -0.339. The fraction of sp³-hybridized carbons (Fsp3) is 0.543. The zero-order chi connectivity index (χ0) is 31.4. The predicted octanol–water partition coefficient (Wildman–Crippen LogP) is 4.43. The van der Waals surface area contributed by atoms with Crippen LogP contribution in [0.1, 0.15) is 43.4 Å². The van der Waals surface area contributed by atoms with Gasteiger partial charge in [-0.05, 0) is 69.1 Å². The van der Waals surface area contributed by atoms with Crippen LogP contribution < -0.4 is 14.5 Å². The third-order valence-electron chi connectivity index (χ3n) is 10.5. The molecule has 0 spiro atoms. The topological polar surface area (TPSA) is 101 Å². The van der Waals surface area contributed by atoms with Crippen LogP contribution in [0.2, 0.25) is 5.02 Å². The number of nitrogens with zero attached hydrogens (tertiary/aromatic N) is 7. The maximum absolute atomic E-state index is 13.5. The fourth-order valence-corrected chi connectivity index (χ4v) is 7.99. The number of aromatic nitrogens is 2. The second kappa shape index (κ2) is 12.2. The maximum Gasteiger partial charge on any atom is 0.318 e. The zero-order valence-corrected chi connectivity index (χ0v) is 27.0. The number of anilines is 2. The number of ether oxygens (including phenoxy) is 2. The number of fused-ring (bicyclic) bond motifs is 2. The van der Waals surface area contributed by atoms with Crippen molar-refractivity contribution in [2.45, 2.75) is 69.4 Å². The molecule has 11 heteroatoms. The lowest BCUT2D eigenvalue weighted by molar-refractivity contribution is -0.135. The van der Waals surface area contributed by atoms with Gasteiger partial charge in [-0.3, -0.25) is 4.79 Å². The molecule has 0 bridgehead atoms. The Hall–Kier alpha value is -3.65. The van der Waals surface area contributed by atoms with Crippen molar-refractivity contribution in [3.05, 3.63) is 52.7 Å². The van der Waals surface area contributed by atoms with Gasteiger partial charge in [-0.25, -0.2) is 0 Å². The normalized spacial score (nSPS) is 26.2. The Labute approximate surface area is 274 Å². The van der Waals surface area contributed by atoms with E-state index in [4.69, 9.17) is 31.0 Å². The highest BCUT2D eigenvalue weighted by atomic mass is 35.5. The number of amides is 1. The molecular formula is C35H40ClN7O3. The first kappa shape index (κ1) is 29.7. The summed E-state index contributed by atoms with van der Waals surface area (Å²) in [5.41, 5.74) is 3.16. The van der Waals surface area contributed by atoms with Crippen molar-refractivity contribution < 1.29 is 14.3 Å². The van der Waals surface area contributed by atoms with E-state index in [-0.39, 0.29) is 30.6 Å². The molecule has 1 aromatic heterocycles. The molecule has 5 aliphatic rings. The molecule has 2 aromatic carbocycles. The van der Waals surface area contributed by atoms with E-state index >= 15 is 0 Å². The van der Waals surface area contributed by atoms with E-state index in [0.717, 1.165) is 77.3 Å². The van der Waals surface area contributed by atoms with Gasteiger partial charge in [-0.1, -0.05) is 35.9 Å². The number of carbonyl (C=O) groups is 1. The van der Waals surface area contributed by atoms with E-state index in [1.54, 1.807) is 0 Å². The molecule has 3 saturated heterocycles. The monoisotopic (exact) mass is 641 g/mol. The van der Waals surface area contributed by atoms with Gasteiger partial charge in [0.15, 0.2) is 6.10 Å². The van der Waals surface area contributed by atoms with E-state index in [2.05, 4.69) is 52.1 Å². The number of nitriles is 1. The van der Waals surface area contributed by atoms with Crippen molar-refractivity contribution in [2.75, 3.05) is 56.2 Å². The number of piperazine rings is 1. The molecule has 240 valence electrons. The molecule has 4 aliphatic heterocycles. The molecule has 0 N–H and O–H groups in total. The van der Waals surface area contributed by atoms with Crippen LogP contribution in [0.5, 0.6) is 6.01 Å². The standard InChI is InChI=1S/C35H40ClN7O3/c1-40-15-4-7-25(40)21-45-35-38-28-20-41(29-9-3-6-22-5-2-8-27(36)30(22)29)16-13-26(28)33(39-35)42-17-18-43(24(19-42)12-14-37)34(44)32-31(46-32)23-10-11-23/h2-3,5-6,8-9,23-25,31-32H,4,7,10-13,15-21H2,1H3/t24-,25-,31-,32-/m0/s1. The van der Waals surface area contributed by atoms with Gasteiger partial charge in [-0.15, -0.1) is 0 Å². The Balaban J connectivity index is 1.09. The Kier molecular flexibility index (Phi) is 7.87. The van der Waals surface area contributed by atoms with E-state index < -0.39 is 0 Å². The van der Waals surface area contributed by atoms with Crippen LogP contribution in [0.15, 0.2) is 36.4 Å². The van der Waals surface area contributed by atoms with Gasteiger partial charge in [0, 0.05) is 48.9 Å². The number of epoxide rings is 1. The van der Waals surface area contributed by atoms with E-state index in [9.17, 15) is 10.1 Å². The van der Waals surface area contributed by atoms with Crippen LogP contribution in [-0.2, 0) is 22.5 Å². The van der Waals surface area contributed by atoms with Crippen LogP contribution >= 0.6 is 11.6 Å². The second-order valence-electron chi connectivity index (χ2n) is 13.5. The lowest BCUT2D eigenvalue weighted by Gasteiger charge is -2.42. The summed E-state index contributed by atoms with van der Waals surface area (Å²) < 4.78 is 12.1. The molecular weight excluding hydrogens is 602 g/mol. The summed E-state index contributed by atoms with van der Waals surface area (Å²) in [6.45, 7) is 4.72. The molecule has 4 atom stereocenters. The average Bonchev–Trinajstić information content (AvgIpc) is 4.00. The third kappa shape index (κ3) is 5.63. The molecule has 0 radical (unpaired) electrons. The highest BCUT2D eigenvalue weighted by Gasteiger charge is 2.55. The average molecular weight is 642 g/mol. The number of hydrogen-bond donors (Lipinski definition) is 0. The lowest BCUT2D eigenvalue weighted by atomic mass is 10.0. The third-order valence-corrected chi connectivity index (χ3v) is 10.8. The van der Waals surface area contributed by atoms with Gasteiger partial charge in [0.1, 0.15) is 12.4 Å². The molecule has 8 rings (SSSR count). The summed E-state index contributed by atoms with van der Waals surface area (Å²) in [7, 11) is 2.14. The molecule has 1 aliphatic carbocycles. The summed E-state index contributed by atoms with van der Waals surface area (Å²) >= 11 is 6.73. The molecule has 1 saturated carbocycles. The first-order valence-corrected chi connectivity index (χ1v) is 17.1. The van der Waals surface area contributed by atoms with Crippen LogP contribution in [0, 0.1) is 17.2 Å². The minimum Gasteiger partial charge on any atom is -0.462 e. The van der Waals surface area contributed by atoms with Crippen LogP contribution in [0.25, 0.3) is 10.8 Å². The molecule has 46 heavy (non-hydrogen) atoms. The fourth-order valence-electron chi connectivity index (χ4n) is 7.71. The van der Waals surface area contributed by atoms with E-state index in [1.807, 2.05) is 17.0 Å². The van der Waals surface area contributed by atoms with Crippen LogP contribution in [-0.4, -0.2) is 96.3 Å². The lowest BCUT2D eigenvalue weighted by Crippen LogP contribution is -2.57. The van der Waals surface area contributed by atoms with Gasteiger partial charge in [-0.2, -0.15) is 15.2 Å². The number of hydrogen-bond acceptors (Lipinski definition) is 9. The quantitative estimate of drug-likeness (QED) is 0.331. The number of carbonyl (C=O) groups excluding carboxylic acids is 1. The number of halogens is 1. The predicted molar refractivity (Wildman–Crippen MR) is 176 cm³/mol. The van der Waals surface area contributed by atoms with Gasteiger partial charge < -0.3 is 29.1 Å². The van der Waals surface area contributed by atoms with Crippen molar-refractivity contribution in [1.29, 1.82) is 5.26 Å². The summed E-state index contributed by atoms with van der Waals surface area (Å²) in [6, 6.07) is 15.2. The van der Waals surface area contributed by atoms with E-state index in [0.29, 0.717) is 50.8 Å². The van der Waals surface area contributed by atoms with Crippen LogP contribution in [0.4, 0.5) is 11.5 Å². The first-order chi connectivity index (χ1) is 22.5. The molecule has 0 unspecified atom stereocenters. The van der Waals surface area contributed by atoms with Gasteiger partial charge >= 0.3 is 6.01 Å². The highest BCUT2D eigenvalue weighted by molar-refractivity contribution is 6.36. The van der Waals surface area contributed by atoms with Crippen molar-refractivity contribution in [3.63, 3.8) is 0 Å². The van der Waals surface area contributed by atoms with Gasteiger partial charge in [0.05, 0.1) is 41.9 Å². The summed E-state index contributed by atoms with van der Waals surface area (Å²) in [4.78, 5) is 32.3. The Bertz CT molecular complexity index is 1690. The summed E-state index contributed by atoms with van der Waals surface area (Å²) in [5, 5.41) is 12.6. The van der Waals surface area contributed by atoms with E-state index in [1.165, 1.54) is 6.42 Å². The number of rotatable bonds is 8.